The summed E-state index contributed by atoms with van der Waals surface area (Å²) < 4.78 is 0. The lowest BCUT2D eigenvalue weighted by Gasteiger charge is -2.31. The van der Waals surface area contributed by atoms with Crippen molar-refractivity contribution >= 4 is 5.69 Å². The molecule has 2 unspecified atom stereocenters. The number of nitrogens with one attached hydrogen (secondary N) is 1. The van der Waals surface area contributed by atoms with E-state index in [9.17, 15) is 0 Å². The van der Waals surface area contributed by atoms with E-state index in [2.05, 4.69) is 53.5 Å². The summed E-state index contributed by atoms with van der Waals surface area (Å²) >= 11 is 0. The van der Waals surface area contributed by atoms with Crippen LogP contribution in [0.4, 0.5) is 5.69 Å². The fraction of sp³-hybridized carbons (Fsp3) is 0.647. The number of para-hydroxylation sites is 1. The maximum atomic E-state index is 3.52. The summed E-state index contributed by atoms with van der Waals surface area (Å²) in [5.74, 6) is 1.55. The van der Waals surface area contributed by atoms with Crippen LogP contribution in [0.15, 0.2) is 24.3 Å². The summed E-state index contributed by atoms with van der Waals surface area (Å²) in [5, 5.41) is 3.52. The Morgan fingerprint density at radius 2 is 2.10 bits per heavy atom. The summed E-state index contributed by atoms with van der Waals surface area (Å²) in [6.45, 7) is 6.10. The van der Waals surface area contributed by atoms with Gasteiger partial charge in [0.15, 0.2) is 0 Å². The minimum absolute atomic E-state index is 0.691. The van der Waals surface area contributed by atoms with E-state index in [1.807, 2.05) is 0 Å². The summed E-state index contributed by atoms with van der Waals surface area (Å²) in [5.41, 5.74) is 2.85. The van der Waals surface area contributed by atoms with Crippen LogP contribution in [0.5, 0.6) is 0 Å². The molecule has 2 atom stereocenters. The van der Waals surface area contributed by atoms with Crippen LogP contribution in [0, 0.1) is 5.92 Å². The predicted molar refractivity (Wildman–Crippen MR) is 85.4 cm³/mol. The maximum absolute atomic E-state index is 3.52. The van der Waals surface area contributed by atoms with Gasteiger partial charge in [0.25, 0.3) is 0 Å². The number of anilines is 1. The van der Waals surface area contributed by atoms with E-state index in [-0.39, 0.29) is 0 Å². The molecule has 2 aliphatic heterocycles. The number of rotatable bonds is 4. The monoisotopic (exact) mass is 273 g/mol. The van der Waals surface area contributed by atoms with E-state index >= 15 is 0 Å². The van der Waals surface area contributed by atoms with Gasteiger partial charge >= 0.3 is 0 Å². The van der Waals surface area contributed by atoms with E-state index in [0.29, 0.717) is 5.92 Å². The Morgan fingerprint density at radius 1 is 1.25 bits per heavy atom. The van der Waals surface area contributed by atoms with Crippen molar-refractivity contribution < 1.29 is 0 Å². The van der Waals surface area contributed by atoms with Gasteiger partial charge in [-0.15, -0.1) is 0 Å². The largest absolute Gasteiger partial charge is 0.385 e. The van der Waals surface area contributed by atoms with Crippen molar-refractivity contribution in [3.63, 3.8) is 0 Å². The highest BCUT2D eigenvalue weighted by molar-refractivity contribution is 5.54. The zero-order chi connectivity index (χ0) is 13.9. The maximum Gasteiger partial charge on any atom is 0.0376 e. The highest BCUT2D eigenvalue weighted by Crippen LogP contribution is 2.31. The van der Waals surface area contributed by atoms with Crippen LogP contribution in [-0.4, -0.2) is 56.6 Å². The SMILES string of the molecule is CN1CCC(CN(C)CC2CCNc3ccccc32)C1. The van der Waals surface area contributed by atoms with Gasteiger partial charge in [-0.1, -0.05) is 18.2 Å². The molecule has 20 heavy (non-hydrogen) atoms. The standard InChI is InChI=1S/C17H27N3/c1-19-10-8-14(11-19)12-20(2)13-15-7-9-18-17-6-4-3-5-16(15)17/h3-6,14-15,18H,7-13H2,1-2H3. The molecule has 3 nitrogen and oxygen atoms in total. The van der Waals surface area contributed by atoms with Gasteiger partial charge < -0.3 is 15.1 Å². The number of hydrogen-bond acceptors (Lipinski definition) is 3. The minimum atomic E-state index is 0.691. The first-order valence-corrected chi connectivity index (χ1v) is 7.92. The van der Waals surface area contributed by atoms with E-state index in [0.717, 1.165) is 12.5 Å². The molecule has 1 N–H and O–H groups in total. The van der Waals surface area contributed by atoms with Crippen molar-refractivity contribution in [3.8, 4) is 0 Å². The predicted octanol–water partition coefficient (Wildman–Crippen LogP) is 2.47. The topological polar surface area (TPSA) is 18.5 Å². The molecule has 0 bridgehead atoms. The molecule has 110 valence electrons. The van der Waals surface area contributed by atoms with Crippen molar-refractivity contribution in [2.24, 2.45) is 5.92 Å². The molecule has 2 aliphatic rings. The van der Waals surface area contributed by atoms with E-state index in [1.54, 1.807) is 0 Å². The van der Waals surface area contributed by atoms with E-state index in [1.165, 1.54) is 50.3 Å². The Balaban J connectivity index is 1.58. The fourth-order valence-electron chi connectivity index (χ4n) is 3.81. The zero-order valence-electron chi connectivity index (χ0n) is 12.8. The smallest absolute Gasteiger partial charge is 0.0376 e. The quantitative estimate of drug-likeness (QED) is 0.909. The molecule has 1 aromatic rings. The molecule has 1 fully saturated rings. The summed E-state index contributed by atoms with van der Waals surface area (Å²) in [6.07, 6.45) is 2.62. The Labute approximate surface area is 123 Å². The number of benzene rings is 1. The van der Waals surface area contributed by atoms with Crippen LogP contribution < -0.4 is 5.32 Å². The average Bonchev–Trinajstić information content (AvgIpc) is 2.84. The second-order valence-corrected chi connectivity index (χ2v) is 6.64. The number of likely N-dealkylation sites (tertiary alicyclic amines) is 1. The van der Waals surface area contributed by atoms with Crippen LogP contribution in [-0.2, 0) is 0 Å². The first-order chi connectivity index (χ1) is 9.72. The van der Waals surface area contributed by atoms with E-state index < -0.39 is 0 Å². The minimum Gasteiger partial charge on any atom is -0.385 e. The fourth-order valence-corrected chi connectivity index (χ4v) is 3.81. The van der Waals surface area contributed by atoms with Crippen molar-refractivity contribution in [1.29, 1.82) is 0 Å². The Hall–Kier alpha value is -1.06. The van der Waals surface area contributed by atoms with Gasteiger partial charge in [-0.05, 0) is 51.0 Å². The molecule has 0 aromatic heterocycles. The lowest BCUT2D eigenvalue weighted by Crippen LogP contribution is -2.33. The van der Waals surface area contributed by atoms with Gasteiger partial charge in [-0.3, -0.25) is 0 Å². The van der Waals surface area contributed by atoms with Crippen LogP contribution in [0.25, 0.3) is 0 Å². The van der Waals surface area contributed by atoms with Crippen LogP contribution in [0.2, 0.25) is 0 Å². The van der Waals surface area contributed by atoms with Crippen molar-refractivity contribution in [2.75, 3.05) is 52.1 Å². The lowest BCUT2D eigenvalue weighted by molar-refractivity contribution is 0.256. The van der Waals surface area contributed by atoms with Gasteiger partial charge in [-0.25, -0.2) is 0 Å². The van der Waals surface area contributed by atoms with Gasteiger partial charge in [0, 0.05) is 37.8 Å². The first-order valence-electron chi connectivity index (χ1n) is 7.92. The van der Waals surface area contributed by atoms with Crippen LogP contribution in [0.3, 0.4) is 0 Å². The van der Waals surface area contributed by atoms with Crippen molar-refractivity contribution in [1.82, 2.24) is 9.80 Å². The molecule has 3 rings (SSSR count). The average molecular weight is 273 g/mol. The van der Waals surface area contributed by atoms with Gasteiger partial charge in [0.1, 0.15) is 0 Å². The third-order valence-electron chi connectivity index (χ3n) is 4.80. The zero-order valence-corrected chi connectivity index (χ0v) is 12.8. The van der Waals surface area contributed by atoms with E-state index in [4.69, 9.17) is 0 Å². The van der Waals surface area contributed by atoms with Crippen LogP contribution in [0.1, 0.15) is 24.3 Å². The Kier molecular flexibility index (Phi) is 4.27. The molecule has 0 spiro atoms. The molecule has 3 heteroatoms. The van der Waals surface area contributed by atoms with Crippen molar-refractivity contribution in [2.45, 2.75) is 18.8 Å². The molecule has 0 radical (unpaired) electrons. The second-order valence-electron chi connectivity index (χ2n) is 6.64. The van der Waals surface area contributed by atoms with Gasteiger partial charge in [0.2, 0.25) is 0 Å². The molecular weight excluding hydrogens is 246 g/mol. The molecule has 1 saturated heterocycles. The molecular formula is C17H27N3. The van der Waals surface area contributed by atoms with Crippen LogP contribution >= 0.6 is 0 Å². The summed E-state index contributed by atoms with van der Waals surface area (Å²) in [6, 6.07) is 8.81. The highest BCUT2D eigenvalue weighted by atomic mass is 15.1. The number of fused-ring (bicyclic) bond motifs is 1. The molecule has 0 saturated carbocycles. The number of hydrogen-bond donors (Lipinski definition) is 1. The third kappa shape index (κ3) is 3.15. The summed E-state index contributed by atoms with van der Waals surface area (Å²) in [7, 11) is 4.53. The highest BCUT2D eigenvalue weighted by Gasteiger charge is 2.24. The summed E-state index contributed by atoms with van der Waals surface area (Å²) in [4.78, 5) is 5.01. The number of likely N-dealkylation sites (N-methyl/N-ethyl adjacent to an activating group) is 1. The second kappa shape index (κ2) is 6.15. The van der Waals surface area contributed by atoms with Crippen molar-refractivity contribution in [3.05, 3.63) is 29.8 Å². The number of nitrogens with zero attached hydrogens (tertiary/aromatic N) is 2. The Bertz CT molecular complexity index is 446. The molecule has 0 amide bonds. The molecule has 1 aromatic carbocycles. The first kappa shape index (κ1) is 13.9. The Morgan fingerprint density at radius 3 is 2.90 bits per heavy atom. The third-order valence-corrected chi connectivity index (χ3v) is 4.80. The molecule has 2 heterocycles. The normalized spacial score (nSPS) is 26.6. The van der Waals surface area contributed by atoms with Gasteiger partial charge in [0.05, 0.1) is 0 Å². The lowest BCUT2D eigenvalue weighted by atomic mass is 9.90. The molecule has 0 aliphatic carbocycles. The van der Waals surface area contributed by atoms with Gasteiger partial charge in [-0.2, -0.15) is 0 Å².